The van der Waals surface area contributed by atoms with E-state index in [9.17, 15) is 12.6 Å². The highest BCUT2D eigenvalue weighted by Crippen LogP contribution is 2.38. The van der Waals surface area contributed by atoms with E-state index in [4.69, 9.17) is 0 Å². The van der Waals surface area contributed by atoms with Crippen LogP contribution in [0, 0.1) is 0 Å². The minimum absolute atomic E-state index is 0.286. The SMILES string of the molecule is CS(=O)C(C)(C)c1cc(-c2cccc(-c3cnccc3-c3ccc(S(C)(=O)=O)cc3)c2)c2ncccc2c1. The molecule has 0 aliphatic rings. The molecule has 192 valence electrons. The Labute approximate surface area is 226 Å². The predicted octanol–water partition coefficient (Wildman–Crippen LogP) is 6.65. The maximum absolute atomic E-state index is 12.6. The average Bonchev–Trinajstić information content (AvgIpc) is 2.92. The number of aromatic nitrogens is 2. The van der Waals surface area contributed by atoms with Crippen molar-refractivity contribution in [3.63, 3.8) is 0 Å². The van der Waals surface area contributed by atoms with Gasteiger partial charge in [-0.2, -0.15) is 0 Å². The Hall–Kier alpha value is -3.68. The maximum atomic E-state index is 12.6. The molecule has 0 amide bonds. The summed E-state index contributed by atoms with van der Waals surface area (Å²) in [7, 11) is -4.34. The van der Waals surface area contributed by atoms with Gasteiger partial charge in [0.1, 0.15) is 0 Å². The Balaban J connectivity index is 1.66. The third-order valence-electron chi connectivity index (χ3n) is 7.02. The molecule has 2 heterocycles. The van der Waals surface area contributed by atoms with Gasteiger partial charge in [-0.05, 0) is 84.1 Å². The van der Waals surface area contributed by atoms with Crippen LogP contribution >= 0.6 is 0 Å². The van der Waals surface area contributed by atoms with E-state index in [-0.39, 0.29) is 4.90 Å². The van der Waals surface area contributed by atoms with Crippen LogP contribution in [0.2, 0.25) is 0 Å². The predicted molar refractivity (Wildman–Crippen MR) is 156 cm³/mol. The number of nitrogens with zero attached hydrogens (tertiary/aromatic N) is 2. The van der Waals surface area contributed by atoms with Gasteiger partial charge in [0.2, 0.25) is 0 Å². The van der Waals surface area contributed by atoms with Gasteiger partial charge in [0, 0.05) is 58.4 Å². The number of hydrogen-bond acceptors (Lipinski definition) is 5. The van der Waals surface area contributed by atoms with Crippen molar-refractivity contribution in [1.29, 1.82) is 0 Å². The van der Waals surface area contributed by atoms with Crippen molar-refractivity contribution in [1.82, 2.24) is 9.97 Å². The summed E-state index contributed by atoms with van der Waals surface area (Å²) in [5.74, 6) is 0. The zero-order valence-corrected chi connectivity index (χ0v) is 23.3. The van der Waals surface area contributed by atoms with E-state index < -0.39 is 25.4 Å². The van der Waals surface area contributed by atoms with Crippen molar-refractivity contribution < 1.29 is 12.6 Å². The second kappa shape index (κ2) is 9.89. The molecular formula is C31H28N2O3S2. The highest BCUT2D eigenvalue weighted by Gasteiger charge is 2.26. The average molecular weight is 541 g/mol. The van der Waals surface area contributed by atoms with E-state index in [0.29, 0.717) is 0 Å². The first-order valence-electron chi connectivity index (χ1n) is 12.1. The number of rotatable bonds is 6. The van der Waals surface area contributed by atoms with Crippen LogP contribution in [-0.4, -0.2) is 35.1 Å². The van der Waals surface area contributed by atoms with Crippen LogP contribution in [0.1, 0.15) is 19.4 Å². The first-order valence-corrected chi connectivity index (χ1v) is 15.6. The van der Waals surface area contributed by atoms with Crippen molar-refractivity contribution in [2.24, 2.45) is 0 Å². The van der Waals surface area contributed by atoms with Gasteiger partial charge in [0.15, 0.2) is 9.84 Å². The second-order valence-electron chi connectivity index (χ2n) is 9.86. The second-order valence-corrected chi connectivity index (χ2v) is 13.8. The lowest BCUT2D eigenvalue weighted by Crippen LogP contribution is -2.22. The Morgan fingerprint density at radius 1 is 0.763 bits per heavy atom. The highest BCUT2D eigenvalue weighted by atomic mass is 32.2. The summed E-state index contributed by atoms with van der Waals surface area (Å²) in [4.78, 5) is 9.35. The van der Waals surface area contributed by atoms with Crippen molar-refractivity contribution in [2.75, 3.05) is 12.5 Å². The number of hydrogen-bond donors (Lipinski definition) is 0. The molecule has 0 radical (unpaired) electrons. The number of benzene rings is 3. The summed E-state index contributed by atoms with van der Waals surface area (Å²) in [6.07, 6.45) is 8.30. The Kier molecular flexibility index (Phi) is 6.75. The van der Waals surface area contributed by atoms with Gasteiger partial charge in [0.05, 0.1) is 15.2 Å². The highest BCUT2D eigenvalue weighted by molar-refractivity contribution is 7.90. The third kappa shape index (κ3) is 4.91. The number of sulfone groups is 1. The minimum Gasteiger partial charge on any atom is -0.264 e. The van der Waals surface area contributed by atoms with E-state index in [1.54, 1.807) is 30.8 Å². The summed E-state index contributed by atoms with van der Waals surface area (Å²) < 4.78 is 35.9. The van der Waals surface area contributed by atoms with Gasteiger partial charge in [-0.3, -0.25) is 14.2 Å². The van der Waals surface area contributed by atoms with Crippen LogP contribution in [-0.2, 0) is 25.4 Å². The molecule has 0 N–H and O–H groups in total. The Morgan fingerprint density at radius 3 is 2.16 bits per heavy atom. The van der Waals surface area contributed by atoms with Crippen LogP contribution in [0.25, 0.3) is 44.3 Å². The van der Waals surface area contributed by atoms with E-state index in [1.807, 2.05) is 62.5 Å². The van der Waals surface area contributed by atoms with Gasteiger partial charge in [-0.1, -0.05) is 36.4 Å². The molecule has 1 atom stereocenters. The zero-order chi connectivity index (χ0) is 27.1. The van der Waals surface area contributed by atoms with Crippen molar-refractivity contribution in [3.8, 4) is 33.4 Å². The Morgan fingerprint density at radius 2 is 1.47 bits per heavy atom. The quantitative estimate of drug-likeness (QED) is 0.241. The van der Waals surface area contributed by atoms with E-state index >= 15 is 0 Å². The van der Waals surface area contributed by atoms with Crippen molar-refractivity contribution >= 4 is 31.5 Å². The molecule has 7 heteroatoms. The molecule has 38 heavy (non-hydrogen) atoms. The van der Waals surface area contributed by atoms with Crippen molar-refractivity contribution in [3.05, 3.63) is 103 Å². The summed E-state index contributed by atoms with van der Waals surface area (Å²) in [6, 6.07) is 25.2. The molecule has 0 saturated heterocycles. The first kappa shape index (κ1) is 25.9. The smallest absolute Gasteiger partial charge is 0.175 e. The largest absolute Gasteiger partial charge is 0.264 e. The van der Waals surface area contributed by atoms with E-state index in [1.165, 1.54) is 6.26 Å². The molecule has 0 fully saturated rings. The fourth-order valence-electron chi connectivity index (χ4n) is 4.54. The summed E-state index contributed by atoms with van der Waals surface area (Å²) in [5, 5.41) is 0.997. The lowest BCUT2D eigenvalue weighted by molar-refractivity contribution is 0.602. The number of pyridine rings is 2. The number of fused-ring (bicyclic) bond motifs is 1. The lowest BCUT2D eigenvalue weighted by atomic mass is 9.91. The lowest BCUT2D eigenvalue weighted by Gasteiger charge is -2.24. The van der Waals surface area contributed by atoms with Gasteiger partial charge in [0.25, 0.3) is 0 Å². The molecule has 5 rings (SSSR count). The molecule has 5 nitrogen and oxygen atoms in total. The molecule has 0 saturated carbocycles. The fraction of sp³-hybridized carbons (Fsp3) is 0.161. The normalized spacial score (nSPS) is 12.9. The maximum Gasteiger partial charge on any atom is 0.175 e. The molecule has 5 aromatic rings. The van der Waals surface area contributed by atoms with Crippen LogP contribution < -0.4 is 0 Å². The van der Waals surface area contributed by atoms with Crippen molar-refractivity contribution in [2.45, 2.75) is 23.5 Å². The van der Waals surface area contributed by atoms with Crippen LogP contribution in [0.4, 0.5) is 0 Å². The molecule has 2 aromatic heterocycles. The summed E-state index contributed by atoms with van der Waals surface area (Å²) in [5.41, 5.74) is 7.61. The summed E-state index contributed by atoms with van der Waals surface area (Å²) in [6.45, 7) is 4.00. The molecule has 0 bridgehead atoms. The Bertz CT molecular complexity index is 1790. The zero-order valence-electron chi connectivity index (χ0n) is 21.7. The van der Waals surface area contributed by atoms with Gasteiger partial charge in [-0.25, -0.2) is 8.42 Å². The van der Waals surface area contributed by atoms with E-state index in [0.717, 1.165) is 49.8 Å². The molecule has 0 spiro atoms. The van der Waals surface area contributed by atoms with Crippen LogP contribution in [0.15, 0.2) is 102 Å². The standard InChI is InChI=1S/C31H28N2O3S2/c1-31(2,37(3)34)25-18-24-9-6-15-33-30(24)28(19-25)22-7-5-8-23(17-22)29-20-32-16-14-27(29)21-10-12-26(13-11-21)38(4,35)36/h5-20H,1-4H3. The van der Waals surface area contributed by atoms with E-state index in [2.05, 4.69) is 34.2 Å². The van der Waals surface area contributed by atoms with Gasteiger partial charge in [-0.15, -0.1) is 0 Å². The third-order valence-corrected chi connectivity index (χ3v) is 9.82. The summed E-state index contributed by atoms with van der Waals surface area (Å²) >= 11 is 0. The van der Waals surface area contributed by atoms with Gasteiger partial charge < -0.3 is 0 Å². The minimum atomic E-state index is -3.28. The molecule has 0 aliphatic carbocycles. The fourth-order valence-corrected chi connectivity index (χ4v) is 5.62. The molecule has 1 unspecified atom stereocenters. The van der Waals surface area contributed by atoms with Gasteiger partial charge >= 0.3 is 0 Å². The van der Waals surface area contributed by atoms with Crippen LogP contribution in [0.3, 0.4) is 0 Å². The van der Waals surface area contributed by atoms with Crippen LogP contribution in [0.5, 0.6) is 0 Å². The first-order chi connectivity index (χ1) is 18.1. The molecule has 3 aromatic carbocycles. The topological polar surface area (TPSA) is 77.0 Å². The molecule has 0 aliphatic heterocycles. The molecular weight excluding hydrogens is 512 g/mol. The monoisotopic (exact) mass is 540 g/mol.